The van der Waals surface area contributed by atoms with Gasteiger partial charge in [-0.05, 0) is 76.1 Å². The minimum atomic E-state index is -1.27. The molecule has 2 aromatic rings. The lowest BCUT2D eigenvalue weighted by atomic mass is 10.1. The highest BCUT2D eigenvalue weighted by atomic mass is 16.5. The van der Waals surface area contributed by atoms with Crippen molar-refractivity contribution in [1.29, 1.82) is 5.41 Å². The third kappa shape index (κ3) is 11.1. The van der Waals surface area contributed by atoms with Gasteiger partial charge in [-0.25, -0.2) is 4.79 Å². The van der Waals surface area contributed by atoms with Crippen molar-refractivity contribution in [3.8, 4) is 5.75 Å². The smallest absolute Gasteiger partial charge is 0.347 e. The topological polar surface area (TPSA) is 120 Å². The van der Waals surface area contributed by atoms with Crippen LogP contribution in [0.3, 0.4) is 0 Å². The van der Waals surface area contributed by atoms with Crippen LogP contribution in [0, 0.1) is 12.3 Å². The van der Waals surface area contributed by atoms with Gasteiger partial charge in [0.2, 0.25) is 5.84 Å². The number of carbonyl (C=O) groups is 1. The van der Waals surface area contributed by atoms with Crippen molar-refractivity contribution in [1.82, 2.24) is 0 Å². The number of nitrogens with zero attached hydrogens (tertiary/aromatic N) is 1. The van der Waals surface area contributed by atoms with Crippen LogP contribution in [0.2, 0.25) is 0 Å². The molecular weight excluding hydrogens is 454 g/mol. The molecule has 7 nitrogen and oxygen atoms in total. The van der Waals surface area contributed by atoms with Crippen molar-refractivity contribution in [2.45, 2.75) is 77.7 Å². The molecule has 36 heavy (non-hydrogen) atoms. The number of aryl methyl sites for hydroxylation is 2. The molecule has 2 aromatic carbocycles. The average molecular weight is 497 g/mol. The summed E-state index contributed by atoms with van der Waals surface area (Å²) in [5, 5.41) is 28.8. The first kappa shape index (κ1) is 29.2. The van der Waals surface area contributed by atoms with E-state index in [1.807, 2.05) is 24.3 Å². The van der Waals surface area contributed by atoms with Crippen LogP contribution in [0.5, 0.6) is 5.75 Å². The molecule has 0 atom stereocenters. The zero-order valence-corrected chi connectivity index (χ0v) is 21.9. The Labute approximate surface area is 215 Å². The standard InChI is InChI=1S/C29H41N3O4/c1-22-11-13-24(14-12-22)21-26(30)32-27(31-19-6-4-5-7-20-33)10-8-9-23-15-17-25(18-16-23)36-29(2,3)28(34)35/h11-18,33H,4-10,19-21H2,1-3H3,(H,34,35)(H2,30,31,32)/p+1. The third-order valence-electron chi connectivity index (χ3n) is 5.97. The van der Waals surface area contributed by atoms with E-state index in [9.17, 15) is 9.90 Å². The van der Waals surface area contributed by atoms with E-state index in [0.717, 1.165) is 68.5 Å². The van der Waals surface area contributed by atoms with E-state index in [0.29, 0.717) is 18.0 Å². The second-order valence-corrected chi connectivity index (χ2v) is 9.76. The van der Waals surface area contributed by atoms with E-state index >= 15 is 0 Å². The molecular formula is C29H42N3O4+. The number of aliphatic imine (C=N–C) groups is 1. The summed E-state index contributed by atoms with van der Waals surface area (Å²) >= 11 is 0. The van der Waals surface area contributed by atoms with Gasteiger partial charge >= 0.3 is 5.97 Å². The van der Waals surface area contributed by atoms with Crippen molar-refractivity contribution in [3.63, 3.8) is 0 Å². The highest BCUT2D eigenvalue weighted by molar-refractivity contribution is 5.92. The van der Waals surface area contributed by atoms with Gasteiger partial charge in [-0.2, -0.15) is 4.99 Å². The normalized spacial score (nSPS) is 11.9. The maximum Gasteiger partial charge on any atom is 0.347 e. The molecule has 7 heteroatoms. The summed E-state index contributed by atoms with van der Waals surface area (Å²) in [5.74, 6) is 0.855. The number of carboxylic acid groups (broad SMARTS) is 1. The van der Waals surface area contributed by atoms with Gasteiger partial charge in [-0.3, -0.25) is 5.41 Å². The molecule has 0 aliphatic carbocycles. The molecule has 0 radical (unpaired) electrons. The average Bonchev–Trinajstić information content (AvgIpc) is 2.83. The lowest BCUT2D eigenvalue weighted by Crippen LogP contribution is -2.88. The number of aliphatic carboxylic acids is 1. The molecule has 0 fully saturated rings. The summed E-state index contributed by atoms with van der Waals surface area (Å²) in [6.07, 6.45) is 7.08. The number of unbranched alkanes of at least 4 members (excludes halogenated alkanes) is 3. The highest BCUT2D eigenvalue weighted by Crippen LogP contribution is 2.20. The molecule has 0 aromatic heterocycles. The molecule has 0 spiro atoms. The fourth-order valence-electron chi connectivity index (χ4n) is 3.73. The molecule has 0 unspecified atom stereocenters. The highest BCUT2D eigenvalue weighted by Gasteiger charge is 2.29. The molecule has 0 aliphatic rings. The third-order valence-corrected chi connectivity index (χ3v) is 5.97. The Morgan fingerprint density at radius 3 is 2.25 bits per heavy atom. The van der Waals surface area contributed by atoms with E-state index in [1.54, 1.807) is 0 Å². The quantitative estimate of drug-likeness (QED) is 0.167. The van der Waals surface area contributed by atoms with Crippen molar-refractivity contribution in [2.75, 3.05) is 13.2 Å². The van der Waals surface area contributed by atoms with E-state index in [2.05, 4.69) is 41.5 Å². The molecule has 0 aliphatic heterocycles. The Kier molecular flexibility index (Phi) is 12.3. The largest absolute Gasteiger partial charge is 0.478 e. The van der Waals surface area contributed by atoms with Crippen LogP contribution in [0.1, 0.15) is 69.1 Å². The number of aliphatic hydroxyl groups excluding tert-OH is 1. The van der Waals surface area contributed by atoms with Crippen LogP contribution in [0.25, 0.3) is 0 Å². The Hall–Kier alpha value is -3.03. The molecule has 0 bridgehead atoms. The summed E-state index contributed by atoms with van der Waals surface area (Å²) in [7, 11) is 0. The van der Waals surface area contributed by atoms with Crippen LogP contribution in [0.15, 0.2) is 53.5 Å². The zero-order valence-electron chi connectivity index (χ0n) is 21.9. The fraction of sp³-hybridized carbons (Fsp3) is 0.483. The number of nitrogens with two attached hydrogens (primary N) is 1. The maximum absolute atomic E-state index is 11.3. The number of benzene rings is 2. The zero-order chi connectivity index (χ0) is 26.4. The van der Waals surface area contributed by atoms with Gasteiger partial charge in [0.25, 0.3) is 0 Å². The second kappa shape index (κ2) is 15.2. The van der Waals surface area contributed by atoms with Crippen LogP contribution < -0.4 is 10.1 Å². The van der Waals surface area contributed by atoms with Gasteiger partial charge in [0.15, 0.2) is 5.60 Å². The summed E-state index contributed by atoms with van der Waals surface area (Å²) in [5.41, 5.74) is 2.16. The van der Waals surface area contributed by atoms with E-state index in [-0.39, 0.29) is 6.61 Å². The SMILES string of the molecule is Cc1ccc(CC(=N)N=C(CCCc2ccc(OC(C)(C)C(=O)O)cc2)[NH2+]CCCCCCO)cc1. The number of hydrogen-bond donors (Lipinski definition) is 4. The minimum Gasteiger partial charge on any atom is -0.478 e. The first-order valence-electron chi connectivity index (χ1n) is 12.9. The lowest BCUT2D eigenvalue weighted by Gasteiger charge is -2.21. The molecule has 5 N–H and O–H groups in total. The Bertz CT molecular complexity index is 983. The van der Waals surface area contributed by atoms with Gasteiger partial charge in [0.1, 0.15) is 11.6 Å². The Morgan fingerprint density at radius 2 is 1.61 bits per heavy atom. The van der Waals surface area contributed by atoms with E-state index < -0.39 is 11.6 Å². The molecule has 2 rings (SSSR count). The van der Waals surface area contributed by atoms with Crippen molar-refractivity contribution in [3.05, 3.63) is 65.2 Å². The summed E-state index contributed by atoms with van der Waals surface area (Å²) in [6, 6.07) is 15.8. The van der Waals surface area contributed by atoms with Gasteiger partial charge < -0.3 is 20.3 Å². The second-order valence-electron chi connectivity index (χ2n) is 9.76. The van der Waals surface area contributed by atoms with Crippen LogP contribution in [-0.4, -0.2) is 46.6 Å². The maximum atomic E-state index is 11.3. The van der Waals surface area contributed by atoms with Gasteiger partial charge in [-0.1, -0.05) is 48.4 Å². The summed E-state index contributed by atoms with van der Waals surface area (Å²) < 4.78 is 5.58. The molecule has 0 saturated heterocycles. The fourth-order valence-corrected chi connectivity index (χ4v) is 3.73. The van der Waals surface area contributed by atoms with Crippen molar-refractivity contribution in [2.24, 2.45) is 4.99 Å². The summed E-state index contributed by atoms with van der Waals surface area (Å²) in [4.78, 5) is 15.9. The number of carboxylic acids is 1. The summed E-state index contributed by atoms with van der Waals surface area (Å²) in [6.45, 7) is 6.29. The van der Waals surface area contributed by atoms with E-state index in [1.165, 1.54) is 19.4 Å². The molecule has 0 amide bonds. The van der Waals surface area contributed by atoms with E-state index in [4.69, 9.17) is 15.3 Å². The van der Waals surface area contributed by atoms with Crippen LogP contribution in [0.4, 0.5) is 0 Å². The number of rotatable bonds is 15. The Balaban J connectivity index is 1.92. The number of amidine groups is 2. The number of ether oxygens (including phenoxy) is 1. The molecule has 0 saturated carbocycles. The molecule has 0 heterocycles. The van der Waals surface area contributed by atoms with Gasteiger partial charge in [-0.15, -0.1) is 0 Å². The molecule has 196 valence electrons. The van der Waals surface area contributed by atoms with Crippen molar-refractivity contribution < 1.29 is 25.1 Å². The predicted molar refractivity (Wildman–Crippen MR) is 144 cm³/mol. The first-order valence-corrected chi connectivity index (χ1v) is 12.9. The van der Waals surface area contributed by atoms with Crippen LogP contribution in [-0.2, 0) is 17.6 Å². The first-order chi connectivity index (χ1) is 17.2. The van der Waals surface area contributed by atoms with Crippen LogP contribution >= 0.6 is 0 Å². The Morgan fingerprint density at radius 1 is 0.972 bits per heavy atom. The monoisotopic (exact) mass is 496 g/mol. The number of aliphatic hydroxyl groups is 1. The minimum absolute atomic E-state index is 0.247. The van der Waals surface area contributed by atoms with Gasteiger partial charge in [0, 0.05) is 19.4 Å². The lowest BCUT2D eigenvalue weighted by molar-refractivity contribution is -0.542. The number of nitrogens with one attached hydrogen (secondary N) is 1. The number of quaternary nitrogens is 1. The number of hydrogen-bond acceptors (Lipinski definition) is 4. The van der Waals surface area contributed by atoms with Crippen molar-refractivity contribution >= 4 is 17.6 Å². The predicted octanol–water partition coefficient (Wildman–Crippen LogP) is 4.29. The van der Waals surface area contributed by atoms with Gasteiger partial charge in [0.05, 0.1) is 6.54 Å².